The van der Waals surface area contributed by atoms with Crippen molar-refractivity contribution in [2.24, 2.45) is 0 Å². The van der Waals surface area contributed by atoms with Crippen molar-refractivity contribution in [3.05, 3.63) is 59.7 Å². The topological polar surface area (TPSA) is 47.6 Å². The second-order valence-corrected chi connectivity index (χ2v) is 6.16. The fraction of sp³-hybridized carbons (Fsp3) is 0.318. The zero-order valence-corrected chi connectivity index (χ0v) is 15.7. The van der Waals surface area contributed by atoms with Gasteiger partial charge in [-0.3, -0.25) is 4.79 Å². The molecule has 0 aliphatic heterocycles. The molecule has 0 bridgehead atoms. The predicted molar refractivity (Wildman–Crippen MR) is 107 cm³/mol. The van der Waals surface area contributed by atoms with Crippen molar-refractivity contribution in [3.8, 4) is 11.5 Å². The summed E-state index contributed by atoms with van der Waals surface area (Å²) in [7, 11) is 1.62. The Bertz CT molecular complexity index is 753. The molecule has 0 saturated carbocycles. The zero-order chi connectivity index (χ0) is 18.8. The number of benzene rings is 2. The maximum absolute atomic E-state index is 12.1. The molecule has 0 fully saturated rings. The fourth-order valence-electron chi connectivity index (χ4n) is 2.52. The quantitative estimate of drug-likeness (QED) is 0.496. The number of anilines is 1. The van der Waals surface area contributed by atoms with Crippen molar-refractivity contribution in [1.29, 1.82) is 0 Å². The van der Waals surface area contributed by atoms with Gasteiger partial charge in [0.1, 0.15) is 0 Å². The third-order valence-electron chi connectivity index (χ3n) is 3.91. The summed E-state index contributed by atoms with van der Waals surface area (Å²) in [6.45, 7) is 4.83. The highest BCUT2D eigenvalue weighted by atomic mass is 16.5. The summed E-state index contributed by atoms with van der Waals surface area (Å²) in [6.07, 6.45) is 6.61. The molecule has 0 saturated heterocycles. The molecule has 2 aromatic rings. The third-order valence-corrected chi connectivity index (χ3v) is 3.91. The van der Waals surface area contributed by atoms with Crippen LogP contribution in [0.3, 0.4) is 0 Å². The lowest BCUT2D eigenvalue weighted by atomic mass is 10.2. The third kappa shape index (κ3) is 6.28. The van der Waals surface area contributed by atoms with Gasteiger partial charge < -0.3 is 14.8 Å². The maximum atomic E-state index is 12.1. The van der Waals surface area contributed by atoms with Crippen LogP contribution in [0, 0.1) is 6.92 Å². The number of nitrogens with one attached hydrogen (secondary N) is 1. The number of methoxy groups -OCH3 is 1. The number of carbonyl (C=O) groups excluding carboxylic acids is 1. The Kier molecular flexibility index (Phi) is 7.75. The second-order valence-electron chi connectivity index (χ2n) is 6.16. The van der Waals surface area contributed by atoms with Gasteiger partial charge in [0.2, 0.25) is 5.91 Å². The smallest absolute Gasteiger partial charge is 0.248 e. The Hall–Kier alpha value is -2.75. The number of hydrogen-bond donors (Lipinski definition) is 1. The molecule has 1 N–H and O–H groups in total. The first-order valence-corrected chi connectivity index (χ1v) is 8.99. The van der Waals surface area contributed by atoms with Crippen molar-refractivity contribution in [2.45, 2.75) is 33.1 Å². The van der Waals surface area contributed by atoms with Crippen LogP contribution in [0.1, 0.15) is 37.3 Å². The van der Waals surface area contributed by atoms with Crippen LogP contribution in [0.25, 0.3) is 6.08 Å². The standard InChI is InChI=1S/C22H27NO3/c1-4-5-6-14-26-20-12-10-18(16-21(20)25-3)11-13-22(24)23-19-9-7-8-17(2)15-19/h7-13,15-16H,4-6,14H2,1-3H3,(H,23,24). The fourth-order valence-corrected chi connectivity index (χ4v) is 2.52. The Morgan fingerprint density at radius 1 is 1.12 bits per heavy atom. The average Bonchev–Trinajstić information content (AvgIpc) is 2.64. The zero-order valence-electron chi connectivity index (χ0n) is 15.7. The molecular formula is C22H27NO3. The van der Waals surface area contributed by atoms with Gasteiger partial charge in [-0.05, 0) is 54.8 Å². The van der Waals surface area contributed by atoms with E-state index >= 15 is 0 Å². The van der Waals surface area contributed by atoms with Gasteiger partial charge in [0.05, 0.1) is 13.7 Å². The molecule has 2 rings (SSSR count). The van der Waals surface area contributed by atoms with Crippen LogP contribution in [0.4, 0.5) is 5.69 Å². The summed E-state index contributed by atoms with van der Waals surface area (Å²) in [5.74, 6) is 1.22. The van der Waals surface area contributed by atoms with Crippen LogP contribution in [-0.4, -0.2) is 19.6 Å². The first-order chi connectivity index (χ1) is 12.6. The molecule has 26 heavy (non-hydrogen) atoms. The number of ether oxygens (including phenoxy) is 2. The second kappa shape index (κ2) is 10.3. The van der Waals surface area contributed by atoms with Crippen LogP contribution in [0.2, 0.25) is 0 Å². The van der Waals surface area contributed by atoms with Crippen LogP contribution < -0.4 is 14.8 Å². The molecule has 0 aliphatic rings. The summed E-state index contributed by atoms with van der Waals surface area (Å²) in [6, 6.07) is 13.4. The molecule has 2 aromatic carbocycles. The minimum atomic E-state index is -0.172. The molecule has 0 radical (unpaired) electrons. The average molecular weight is 353 g/mol. The van der Waals surface area contributed by atoms with Gasteiger partial charge in [0.25, 0.3) is 0 Å². The summed E-state index contributed by atoms with van der Waals surface area (Å²) in [5, 5.41) is 2.85. The highest BCUT2D eigenvalue weighted by molar-refractivity contribution is 6.02. The highest BCUT2D eigenvalue weighted by Gasteiger charge is 2.05. The molecule has 4 nitrogen and oxygen atoms in total. The van der Waals surface area contributed by atoms with Crippen LogP contribution in [-0.2, 0) is 4.79 Å². The first kappa shape index (κ1) is 19.6. The minimum absolute atomic E-state index is 0.172. The van der Waals surface area contributed by atoms with Crippen molar-refractivity contribution < 1.29 is 14.3 Å². The number of hydrogen-bond acceptors (Lipinski definition) is 3. The van der Waals surface area contributed by atoms with E-state index in [0.717, 1.165) is 41.8 Å². The SMILES string of the molecule is CCCCCOc1ccc(C=CC(=O)Nc2cccc(C)c2)cc1OC. The van der Waals surface area contributed by atoms with E-state index in [1.165, 1.54) is 6.08 Å². The molecule has 1 amide bonds. The number of aryl methyl sites for hydroxylation is 1. The van der Waals surface area contributed by atoms with Crippen LogP contribution in [0.5, 0.6) is 11.5 Å². The molecule has 138 valence electrons. The molecule has 4 heteroatoms. The molecule has 0 heterocycles. The van der Waals surface area contributed by atoms with Gasteiger partial charge in [-0.1, -0.05) is 38.0 Å². The minimum Gasteiger partial charge on any atom is -0.493 e. The van der Waals surface area contributed by atoms with Gasteiger partial charge in [-0.2, -0.15) is 0 Å². The Morgan fingerprint density at radius 2 is 1.96 bits per heavy atom. The van der Waals surface area contributed by atoms with Crippen molar-refractivity contribution in [3.63, 3.8) is 0 Å². The molecule has 0 spiro atoms. The van der Waals surface area contributed by atoms with E-state index in [4.69, 9.17) is 9.47 Å². The Balaban J connectivity index is 1.97. The predicted octanol–water partition coefficient (Wildman–Crippen LogP) is 5.22. The van der Waals surface area contributed by atoms with Gasteiger partial charge in [0, 0.05) is 11.8 Å². The van der Waals surface area contributed by atoms with Gasteiger partial charge in [0.15, 0.2) is 11.5 Å². The number of carbonyl (C=O) groups is 1. The normalized spacial score (nSPS) is 10.7. The molecule has 0 atom stereocenters. The summed E-state index contributed by atoms with van der Waals surface area (Å²) in [5.41, 5.74) is 2.77. The van der Waals surface area contributed by atoms with Crippen LogP contribution >= 0.6 is 0 Å². The van der Waals surface area contributed by atoms with E-state index in [1.807, 2.05) is 49.4 Å². The summed E-state index contributed by atoms with van der Waals surface area (Å²) < 4.78 is 11.2. The van der Waals surface area contributed by atoms with E-state index in [1.54, 1.807) is 13.2 Å². The van der Waals surface area contributed by atoms with E-state index in [0.29, 0.717) is 12.4 Å². The van der Waals surface area contributed by atoms with Gasteiger partial charge in [-0.15, -0.1) is 0 Å². The lowest BCUT2D eigenvalue weighted by Crippen LogP contribution is -2.07. The van der Waals surface area contributed by atoms with E-state index in [2.05, 4.69) is 12.2 Å². The molecule has 0 unspecified atom stereocenters. The van der Waals surface area contributed by atoms with Gasteiger partial charge in [-0.25, -0.2) is 0 Å². The molecule has 0 aliphatic carbocycles. The molecular weight excluding hydrogens is 326 g/mol. The van der Waals surface area contributed by atoms with Crippen molar-refractivity contribution in [2.75, 3.05) is 19.0 Å². The van der Waals surface area contributed by atoms with E-state index < -0.39 is 0 Å². The largest absolute Gasteiger partial charge is 0.493 e. The van der Waals surface area contributed by atoms with Crippen molar-refractivity contribution >= 4 is 17.7 Å². The lowest BCUT2D eigenvalue weighted by Gasteiger charge is -2.11. The molecule has 0 aromatic heterocycles. The Labute approximate surface area is 155 Å². The Morgan fingerprint density at radius 3 is 2.69 bits per heavy atom. The number of rotatable bonds is 9. The highest BCUT2D eigenvalue weighted by Crippen LogP contribution is 2.28. The summed E-state index contributed by atoms with van der Waals surface area (Å²) >= 11 is 0. The number of amides is 1. The van der Waals surface area contributed by atoms with Crippen LogP contribution in [0.15, 0.2) is 48.5 Å². The van der Waals surface area contributed by atoms with E-state index in [-0.39, 0.29) is 5.91 Å². The maximum Gasteiger partial charge on any atom is 0.248 e. The lowest BCUT2D eigenvalue weighted by molar-refractivity contribution is -0.111. The van der Waals surface area contributed by atoms with Gasteiger partial charge >= 0.3 is 0 Å². The summed E-state index contributed by atoms with van der Waals surface area (Å²) in [4.78, 5) is 12.1. The van der Waals surface area contributed by atoms with Crippen molar-refractivity contribution in [1.82, 2.24) is 0 Å². The van der Waals surface area contributed by atoms with E-state index in [9.17, 15) is 4.79 Å². The number of unbranched alkanes of at least 4 members (excludes halogenated alkanes) is 2. The monoisotopic (exact) mass is 353 g/mol. The first-order valence-electron chi connectivity index (χ1n) is 8.99.